The molecule has 0 aliphatic carbocycles. The highest BCUT2D eigenvalue weighted by Gasteiger charge is 2.12. The van der Waals surface area contributed by atoms with Crippen LogP contribution in [0.5, 0.6) is 0 Å². The van der Waals surface area contributed by atoms with Gasteiger partial charge >= 0.3 is 0 Å². The molecule has 1 amide bonds. The van der Waals surface area contributed by atoms with Crippen molar-refractivity contribution >= 4 is 18.1 Å². The Morgan fingerprint density at radius 3 is 2.45 bits per heavy atom. The van der Waals surface area contributed by atoms with Gasteiger partial charge in [-0.25, -0.2) is 4.68 Å². The number of carbonyl (C=O) groups excluding carboxylic acids is 1. The second kappa shape index (κ2) is 8.93. The summed E-state index contributed by atoms with van der Waals surface area (Å²) in [7, 11) is 1.79. The Hall–Kier alpha value is -2.23. The van der Waals surface area contributed by atoms with Gasteiger partial charge in [0.05, 0.1) is 18.8 Å². The van der Waals surface area contributed by atoms with Crippen LogP contribution in [-0.2, 0) is 24.9 Å². The van der Waals surface area contributed by atoms with E-state index in [1.165, 1.54) is 0 Å². The summed E-state index contributed by atoms with van der Waals surface area (Å²) < 4.78 is 3.91. The van der Waals surface area contributed by atoms with Gasteiger partial charge in [0, 0.05) is 45.8 Å². The van der Waals surface area contributed by atoms with Crippen LogP contribution >= 0.6 is 12.2 Å². The van der Waals surface area contributed by atoms with Gasteiger partial charge in [-0.05, 0) is 12.2 Å². The van der Waals surface area contributed by atoms with Crippen molar-refractivity contribution in [2.45, 2.75) is 32.4 Å². The van der Waals surface area contributed by atoms with Crippen molar-refractivity contribution in [3.63, 3.8) is 0 Å². The molecule has 2 N–H and O–H groups in total. The van der Waals surface area contributed by atoms with Crippen molar-refractivity contribution in [1.82, 2.24) is 19.2 Å². The zero-order valence-electron chi connectivity index (χ0n) is 12.5. The monoisotopic (exact) mass is 321 g/mol. The Labute approximate surface area is 134 Å². The zero-order chi connectivity index (χ0) is 16.5. The molecule has 0 aliphatic rings. The van der Waals surface area contributed by atoms with Gasteiger partial charge in [-0.3, -0.25) is 9.69 Å². The summed E-state index contributed by atoms with van der Waals surface area (Å²) in [5, 5.41) is 21.8. The second-order valence-electron chi connectivity index (χ2n) is 4.80. The molecule has 1 aromatic rings. The van der Waals surface area contributed by atoms with E-state index in [-0.39, 0.29) is 12.3 Å². The molecule has 0 fully saturated rings. The fraction of sp³-hybridized carbons (Fsp3) is 0.615. The van der Waals surface area contributed by atoms with E-state index in [0.717, 1.165) is 0 Å². The molecule has 0 aliphatic heterocycles. The van der Waals surface area contributed by atoms with Crippen LogP contribution in [0.2, 0.25) is 0 Å². The first-order chi connectivity index (χ1) is 10.5. The summed E-state index contributed by atoms with van der Waals surface area (Å²) >= 11 is 5.33. The zero-order valence-corrected chi connectivity index (χ0v) is 13.3. The van der Waals surface area contributed by atoms with E-state index < -0.39 is 0 Å². The minimum atomic E-state index is -0.384. The topological polar surface area (TPSA) is 117 Å². The van der Waals surface area contributed by atoms with E-state index in [0.29, 0.717) is 49.6 Å². The molecule has 0 unspecified atom stereocenters. The molecule has 1 aromatic heterocycles. The van der Waals surface area contributed by atoms with E-state index in [9.17, 15) is 4.79 Å². The third-order valence-electron chi connectivity index (χ3n) is 3.14. The lowest BCUT2D eigenvalue weighted by molar-refractivity contribution is -0.118. The molecule has 22 heavy (non-hydrogen) atoms. The van der Waals surface area contributed by atoms with E-state index >= 15 is 0 Å². The third-order valence-corrected chi connectivity index (χ3v) is 3.62. The maximum atomic E-state index is 10.9. The number of aryl methyl sites for hydroxylation is 1. The Morgan fingerprint density at radius 1 is 1.36 bits per heavy atom. The lowest BCUT2D eigenvalue weighted by Gasteiger charge is -2.19. The average molecular weight is 321 g/mol. The first kappa shape index (κ1) is 17.8. The highest BCUT2D eigenvalue weighted by molar-refractivity contribution is 7.71. The number of amides is 1. The normalized spacial score (nSPS) is 10.4. The van der Waals surface area contributed by atoms with Crippen LogP contribution in [-0.4, -0.2) is 38.2 Å². The van der Waals surface area contributed by atoms with Crippen LogP contribution in [0.25, 0.3) is 0 Å². The van der Waals surface area contributed by atoms with E-state index in [1.807, 2.05) is 4.90 Å². The predicted molar refractivity (Wildman–Crippen MR) is 81.6 cm³/mol. The van der Waals surface area contributed by atoms with E-state index in [2.05, 4.69) is 17.2 Å². The van der Waals surface area contributed by atoms with Gasteiger partial charge in [0.15, 0.2) is 4.77 Å². The molecule has 0 saturated carbocycles. The summed E-state index contributed by atoms with van der Waals surface area (Å²) in [5.41, 5.74) is 5.15. The first-order valence-electron chi connectivity index (χ1n) is 6.86. The first-order valence-corrected chi connectivity index (χ1v) is 7.27. The summed E-state index contributed by atoms with van der Waals surface area (Å²) in [6.45, 7) is 1.51. The van der Waals surface area contributed by atoms with Crippen LogP contribution < -0.4 is 5.73 Å². The van der Waals surface area contributed by atoms with Crippen LogP contribution in [0.1, 0.15) is 25.1 Å². The van der Waals surface area contributed by atoms with Crippen molar-refractivity contribution in [1.29, 1.82) is 10.5 Å². The molecule has 0 atom stereocenters. The Kier molecular flexibility index (Phi) is 7.23. The summed E-state index contributed by atoms with van der Waals surface area (Å²) in [6, 6.07) is 4.17. The van der Waals surface area contributed by atoms with Gasteiger partial charge in [0.25, 0.3) is 0 Å². The molecule has 0 aromatic carbocycles. The van der Waals surface area contributed by atoms with E-state index in [4.69, 9.17) is 28.5 Å². The maximum absolute atomic E-state index is 10.9. The molecule has 0 saturated heterocycles. The standard InChI is InChI=1S/C13H19N7OS/c1-18-12(5-4-11(16)21)17-20(13(18)22)10-19(8-2-6-14)9-3-7-15/h2-5,8-10H2,1H3,(H2,16,21). The highest BCUT2D eigenvalue weighted by atomic mass is 32.1. The van der Waals surface area contributed by atoms with Crippen molar-refractivity contribution < 1.29 is 4.79 Å². The highest BCUT2D eigenvalue weighted by Crippen LogP contribution is 2.05. The van der Waals surface area contributed by atoms with Gasteiger partial charge in [0.2, 0.25) is 5.91 Å². The largest absolute Gasteiger partial charge is 0.370 e. The molecule has 9 heteroatoms. The van der Waals surface area contributed by atoms with Gasteiger partial charge in [-0.2, -0.15) is 15.6 Å². The molecular formula is C13H19N7OS. The van der Waals surface area contributed by atoms with Crippen LogP contribution in [0.3, 0.4) is 0 Å². The Bertz CT molecular complexity index is 631. The number of aromatic nitrogens is 3. The van der Waals surface area contributed by atoms with Gasteiger partial charge in [-0.15, -0.1) is 0 Å². The number of nitrogens with two attached hydrogens (primary N) is 1. The molecule has 8 nitrogen and oxygen atoms in total. The van der Waals surface area contributed by atoms with Crippen molar-refractivity contribution in [3.05, 3.63) is 10.6 Å². The van der Waals surface area contributed by atoms with Crippen molar-refractivity contribution in [2.24, 2.45) is 12.8 Å². The predicted octanol–water partition coefficient (Wildman–Crippen LogP) is 0.456. The van der Waals surface area contributed by atoms with Gasteiger partial charge in [0.1, 0.15) is 5.82 Å². The van der Waals surface area contributed by atoms with Crippen LogP contribution in [0, 0.1) is 27.4 Å². The smallest absolute Gasteiger partial charge is 0.217 e. The van der Waals surface area contributed by atoms with E-state index in [1.54, 1.807) is 16.3 Å². The molecule has 1 rings (SSSR count). The molecule has 118 valence electrons. The molecule has 0 bridgehead atoms. The number of primary amides is 1. The lowest BCUT2D eigenvalue weighted by atomic mass is 10.3. The van der Waals surface area contributed by atoms with Crippen LogP contribution in [0.4, 0.5) is 0 Å². The minimum absolute atomic E-state index is 0.214. The van der Waals surface area contributed by atoms with Crippen molar-refractivity contribution in [3.8, 4) is 12.1 Å². The number of hydrogen-bond acceptors (Lipinski definition) is 6. The van der Waals surface area contributed by atoms with Crippen LogP contribution in [0.15, 0.2) is 0 Å². The number of hydrogen-bond donors (Lipinski definition) is 1. The number of nitrogens with zero attached hydrogens (tertiary/aromatic N) is 6. The Balaban J connectivity index is 2.83. The minimum Gasteiger partial charge on any atom is -0.370 e. The fourth-order valence-corrected chi connectivity index (χ4v) is 2.14. The quantitative estimate of drug-likeness (QED) is 0.660. The lowest BCUT2D eigenvalue weighted by Crippen LogP contribution is -2.29. The molecular weight excluding hydrogens is 302 g/mol. The SMILES string of the molecule is Cn1c(CCC(N)=O)nn(CN(CCC#N)CCC#N)c1=S. The number of nitriles is 2. The van der Waals surface area contributed by atoms with Crippen molar-refractivity contribution in [2.75, 3.05) is 13.1 Å². The third kappa shape index (κ3) is 5.28. The van der Waals surface area contributed by atoms with Gasteiger partial charge in [-0.1, -0.05) is 0 Å². The number of carbonyl (C=O) groups is 1. The van der Waals surface area contributed by atoms with Gasteiger partial charge < -0.3 is 10.3 Å². The maximum Gasteiger partial charge on any atom is 0.217 e. The molecule has 1 heterocycles. The fourth-order valence-electron chi connectivity index (χ4n) is 1.94. The Morgan fingerprint density at radius 2 is 1.95 bits per heavy atom. The number of rotatable bonds is 9. The second-order valence-corrected chi connectivity index (χ2v) is 5.16. The summed E-state index contributed by atoms with van der Waals surface area (Å²) in [6.07, 6.45) is 1.39. The summed E-state index contributed by atoms with van der Waals surface area (Å²) in [4.78, 5) is 12.8. The molecule has 0 radical (unpaired) electrons. The molecule has 0 spiro atoms. The average Bonchev–Trinajstić information content (AvgIpc) is 2.75. The summed E-state index contributed by atoms with van der Waals surface area (Å²) in [5.74, 6) is 0.300.